The third-order valence-corrected chi connectivity index (χ3v) is 16.3. The molecule has 3 aliphatic carbocycles. The number of methoxy groups -OCH3 is 1. The Morgan fingerprint density at radius 2 is 1.71 bits per heavy atom. The van der Waals surface area contributed by atoms with Gasteiger partial charge in [0.05, 0.1) is 47.7 Å². The largest absolute Gasteiger partial charge is 0.482 e. The maximum Gasteiger partial charge on any atom is 0.343 e. The number of hydrogen-bond donors (Lipinski definition) is 3. The summed E-state index contributed by atoms with van der Waals surface area (Å²) in [6.45, 7) is 19.4. The van der Waals surface area contributed by atoms with Crippen molar-refractivity contribution in [2.45, 2.75) is 166 Å². The SMILES string of the molecule is COC(=O)/C(C)=C\CC12OC(C)(C)[C@H]3CC(C1=O)C1C4=C(Nc5ncnn51)c1c(OC(=O)c5ccc(O[C@@H]6O[C@@H]7COC(C)(C)O[C@H]7[C@H](O)[C@H]6O)cc5)c5c(c(CC=C(C)C)c1OC432)OC(C)(CCC=C(C)C)C=C5. The third-order valence-electron chi connectivity index (χ3n) is 16.3. The number of ketones is 1. The van der Waals surface area contributed by atoms with Crippen molar-refractivity contribution in [3.63, 3.8) is 0 Å². The van der Waals surface area contributed by atoms with E-state index < -0.39 is 88.7 Å². The van der Waals surface area contributed by atoms with Crippen molar-refractivity contribution in [1.29, 1.82) is 0 Å². The summed E-state index contributed by atoms with van der Waals surface area (Å²) in [5.74, 6) is -1.80. The van der Waals surface area contributed by atoms with E-state index in [9.17, 15) is 19.8 Å². The van der Waals surface area contributed by atoms with Gasteiger partial charge in [-0.05, 0) is 131 Å². The highest BCUT2D eigenvalue weighted by molar-refractivity contribution is 6.03. The Balaban J connectivity index is 1.06. The molecule has 75 heavy (non-hydrogen) atoms. The zero-order chi connectivity index (χ0) is 53.3. The lowest BCUT2D eigenvalue weighted by molar-refractivity contribution is -0.373. The quantitative estimate of drug-likeness (QED) is 0.0686. The van der Waals surface area contributed by atoms with Crippen LogP contribution in [0.15, 0.2) is 77.2 Å². The minimum atomic E-state index is -1.63. The fourth-order valence-corrected chi connectivity index (χ4v) is 12.7. The normalized spacial score (nSPS) is 32.8. The summed E-state index contributed by atoms with van der Waals surface area (Å²) in [5.41, 5.74) is 0.762. The van der Waals surface area contributed by atoms with Gasteiger partial charge in [-0.25, -0.2) is 14.3 Å². The molecule has 1 aromatic heterocycles. The number of aromatic nitrogens is 3. The minimum absolute atomic E-state index is 0.00158. The molecule has 18 heteroatoms. The number of anilines is 1. The van der Waals surface area contributed by atoms with Gasteiger partial charge in [0.1, 0.15) is 53.6 Å². The number of rotatable bonds is 12. The molecule has 3 saturated heterocycles. The van der Waals surface area contributed by atoms with E-state index in [1.807, 2.05) is 46.8 Å². The summed E-state index contributed by atoms with van der Waals surface area (Å²) in [7, 11) is 1.32. The number of benzene rings is 2. The molecular formula is C57H66N4O14. The summed E-state index contributed by atoms with van der Waals surface area (Å²) in [6, 6.07) is 5.53. The molecule has 6 fully saturated rings. The number of esters is 2. The van der Waals surface area contributed by atoms with Gasteiger partial charge in [0.15, 0.2) is 28.5 Å². The molecule has 18 nitrogen and oxygen atoms in total. The summed E-state index contributed by atoms with van der Waals surface area (Å²) >= 11 is 0. The Morgan fingerprint density at radius 3 is 2.43 bits per heavy atom. The predicted molar refractivity (Wildman–Crippen MR) is 272 cm³/mol. The molecule has 3 saturated carbocycles. The molecule has 1 spiro atoms. The van der Waals surface area contributed by atoms with Gasteiger partial charge in [-0.2, -0.15) is 10.1 Å². The number of nitrogens with one attached hydrogen (secondary N) is 1. The van der Waals surface area contributed by atoms with Crippen LogP contribution in [0, 0.1) is 11.8 Å². The molecular weight excluding hydrogens is 965 g/mol. The summed E-state index contributed by atoms with van der Waals surface area (Å²) in [4.78, 5) is 48.2. The molecule has 0 amide bonds. The van der Waals surface area contributed by atoms with Crippen molar-refractivity contribution in [3.05, 3.63) is 99.4 Å². The van der Waals surface area contributed by atoms with E-state index in [2.05, 4.69) is 41.4 Å². The van der Waals surface area contributed by atoms with Crippen LogP contribution in [-0.2, 0) is 39.7 Å². The highest BCUT2D eigenvalue weighted by atomic mass is 16.8. The number of fused-ring (bicyclic) bond motifs is 5. The molecule has 0 radical (unpaired) electrons. The molecule has 11 atom stereocenters. The van der Waals surface area contributed by atoms with Gasteiger partial charge < -0.3 is 58.2 Å². The van der Waals surface area contributed by atoms with E-state index in [0.717, 1.165) is 12.0 Å². The van der Waals surface area contributed by atoms with E-state index >= 15 is 4.79 Å². The Bertz CT molecular complexity index is 3050. The summed E-state index contributed by atoms with van der Waals surface area (Å²) in [5, 5.41) is 30.4. The van der Waals surface area contributed by atoms with Crippen LogP contribution in [0.3, 0.4) is 0 Å². The first-order chi connectivity index (χ1) is 35.5. The Morgan fingerprint density at radius 1 is 0.960 bits per heavy atom. The van der Waals surface area contributed by atoms with Gasteiger partial charge >= 0.3 is 11.9 Å². The van der Waals surface area contributed by atoms with E-state index in [4.69, 9.17) is 42.6 Å². The Labute approximate surface area is 435 Å². The molecule has 6 aliphatic heterocycles. The van der Waals surface area contributed by atoms with Crippen molar-refractivity contribution in [2.24, 2.45) is 11.8 Å². The van der Waals surface area contributed by atoms with Gasteiger partial charge in [0.25, 0.3) is 0 Å². The first kappa shape index (κ1) is 51.0. The first-order valence-electron chi connectivity index (χ1n) is 25.8. The maximum absolute atomic E-state index is 15.7. The van der Waals surface area contributed by atoms with Crippen LogP contribution in [0.1, 0.15) is 128 Å². The van der Waals surface area contributed by atoms with Crippen molar-refractivity contribution in [3.8, 4) is 23.0 Å². The highest BCUT2D eigenvalue weighted by Crippen LogP contribution is 2.74. The van der Waals surface area contributed by atoms with Crippen LogP contribution >= 0.6 is 0 Å². The van der Waals surface area contributed by atoms with Crippen molar-refractivity contribution in [1.82, 2.24) is 14.8 Å². The third kappa shape index (κ3) is 7.99. The van der Waals surface area contributed by atoms with Crippen LogP contribution in [0.5, 0.6) is 23.0 Å². The molecule has 9 aliphatic rings. The number of Topliss-reactive ketones (excluding diaryl/α,β-unsaturated/α-hetero) is 1. The molecule has 12 rings (SSSR count). The standard InChI is InChI=1S/C57H66N4O14/c1-28(2)13-12-22-55(10)23-21-34-44(73-55)33(19-14-29(3)4)46-38(45(34)71-50(66)31-15-17-32(18-16-31)69-51-43(63)42(62)47-36(70-51)26-68-54(8,9)72-47)40-39-41(61-52(60-40)58-27-59-61)35-25-37-53(6,7)75-56(48(35)64,57(37,39)74-46)24-20-30(5)49(65)67-11/h13-18,20-21,23,27,35-37,41-43,47,51,62-63H,12,19,22,24-26H2,1-11H3,(H,58,59,60)/b30-20-/t35?,36-,37-,41?,42-,43-,47-,51-,55?,56?,57?/m1/s1. The number of ether oxygens (including phenoxy) is 9. The second-order valence-electron chi connectivity index (χ2n) is 22.8. The first-order valence-corrected chi connectivity index (χ1v) is 25.8. The predicted octanol–water partition coefficient (Wildman–Crippen LogP) is 7.68. The number of hydrogen-bond acceptors (Lipinski definition) is 17. The van der Waals surface area contributed by atoms with Crippen LogP contribution in [0.2, 0.25) is 0 Å². The summed E-state index contributed by atoms with van der Waals surface area (Å²) in [6.07, 6.45) is 7.93. The Kier molecular flexibility index (Phi) is 12.2. The molecule has 2 aromatic carbocycles. The molecule has 3 N–H and O–H groups in total. The lowest BCUT2D eigenvalue weighted by atomic mass is 9.47. The van der Waals surface area contributed by atoms with Crippen LogP contribution in [-0.4, -0.2) is 115 Å². The van der Waals surface area contributed by atoms with Gasteiger partial charge in [-0.15, -0.1) is 0 Å². The van der Waals surface area contributed by atoms with E-state index in [-0.39, 0.29) is 35.9 Å². The second kappa shape index (κ2) is 18.0. The highest BCUT2D eigenvalue weighted by Gasteiger charge is 2.84. The van der Waals surface area contributed by atoms with Gasteiger partial charge in [0.2, 0.25) is 12.2 Å². The van der Waals surface area contributed by atoms with Crippen LogP contribution in [0.25, 0.3) is 11.8 Å². The van der Waals surface area contributed by atoms with Crippen LogP contribution in [0.4, 0.5) is 5.95 Å². The number of carbonyl (C=O) groups is 3. The number of carbonyl (C=O) groups excluding carboxylic acids is 3. The second-order valence-corrected chi connectivity index (χ2v) is 22.8. The van der Waals surface area contributed by atoms with Crippen molar-refractivity contribution < 1.29 is 67.2 Å². The van der Waals surface area contributed by atoms with E-state index in [1.165, 1.54) is 31.1 Å². The number of nitrogens with zero attached hydrogens (tertiary/aromatic N) is 3. The monoisotopic (exact) mass is 1030 g/mol. The molecule has 5 unspecified atom stereocenters. The number of allylic oxidation sites excluding steroid dienone is 4. The summed E-state index contributed by atoms with van der Waals surface area (Å²) < 4.78 is 59.6. The van der Waals surface area contributed by atoms with Gasteiger partial charge in [-0.1, -0.05) is 29.4 Å². The lowest BCUT2D eigenvalue weighted by Gasteiger charge is -2.62. The van der Waals surface area contributed by atoms with Gasteiger partial charge in [0, 0.05) is 35.0 Å². The zero-order valence-corrected chi connectivity index (χ0v) is 44.3. The number of aliphatic hydroxyl groups is 2. The smallest absolute Gasteiger partial charge is 0.343 e. The molecule has 3 aromatic rings. The minimum Gasteiger partial charge on any atom is -0.482 e. The molecule has 7 heterocycles. The molecule has 398 valence electrons. The van der Waals surface area contributed by atoms with Crippen molar-refractivity contribution >= 4 is 35.4 Å². The number of aliphatic hydroxyl groups excluding tert-OH is 2. The average molecular weight is 1030 g/mol. The van der Waals surface area contributed by atoms with Crippen molar-refractivity contribution in [2.75, 3.05) is 19.0 Å². The lowest BCUT2D eigenvalue weighted by Crippen LogP contribution is -2.75. The Hall–Kier alpha value is -6.15. The fraction of sp³-hybridized carbons (Fsp3) is 0.526. The molecule has 4 bridgehead atoms. The average Bonchev–Trinajstić information content (AvgIpc) is 4.09. The maximum atomic E-state index is 15.7. The van der Waals surface area contributed by atoms with Crippen LogP contribution < -0.4 is 24.3 Å². The van der Waals surface area contributed by atoms with Gasteiger partial charge in [-0.3, -0.25) is 4.79 Å². The van der Waals surface area contributed by atoms with E-state index in [1.54, 1.807) is 43.7 Å². The topological polar surface area (TPSA) is 217 Å². The fourth-order valence-electron chi connectivity index (χ4n) is 12.7. The zero-order valence-electron chi connectivity index (χ0n) is 44.3. The van der Waals surface area contributed by atoms with E-state index in [0.29, 0.717) is 70.2 Å².